The zero-order chi connectivity index (χ0) is 18.8. The number of pyridine rings is 1. The van der Waals surface area contributed by atoms with Crippen molar-refractivity contribution in [1.29, 1.82) is 5.26 Å². The summed E-state index contributed by atoms with van der Waals surface area (Å²) in [5.41, 5.74) is 5.61. The molecule has 140 valence electrons. The van der Waals surface area contributed by atoms with Gasteiger partial charge in [0.15, 0.2) is 5.65 Å². The van der Waals surface area contributed by atoms with Crippen molar-refractivity contribution in [3.63, 3.8) is 0 Å². The molecular weight excluding hydrogens is 338 g/mol. The molecular formula is C21H26N5O+. The molecule has 1 aromatic carbocycles. The minimum atomic E-state index is 0.674. The predicted molar refractivity (Wildman–Crippen MR) is 106 cm³/mol. The first-order valence-corrected chi connectivity index (χ1v) is 9.72. The van der Waals surface area contributed by atoms with Crippen LogP contribution in [0.3, 0.4) is 0 Å². The molecule has 27 heavy (non-hydrogen) atoms. The third-order valence-electron chi connectivity index (χ3n) is 5.56. The number of aromatic nitrogens is 2. The average Bonchev–Trinajstić information content (AvgIpc) is 3.08. The van der Waals surface area contributed by atoms with E-state index in [1.165, 1.54) is 5.56 Å². The minimum Gasteiger partial charge on any atom is -0.370 e. The quantitative estimate of drug-likeness (QED) is 0.721. The Morgan fingerprint density at radius 3 is 2.81 bits per heavy atom. The smallest absolute Gasteiger partial charge is 0.157 e. The zero-order valence-electron chi connectivity index (χ0n) is 16.0. The number of imidazole rings is 1. The van der Waals surface area contributed by atoms with Crippen molar-refractivity contribution in [2.24, 2.45) is 0 Å². The highest BCUT2D eigenvalue weighted by Gasteiger charge is 2.20. The molecule has 1 aliphatic rings. The Balaban J connectivity index is 1.78. The van der Waals surface area contributed by atoms with Crippen LogP contribution in [0.15, 0.2) is 24.3 Å². The number of hydrogen-bond acceptors (Lipinski definition) is 4. The van der Waals surface area contributed by atoms with E-state index in [9.17, 15) is 5.26 Å². The molecule has 0 amide bonds. The minimum absolute atomic E-state index is 0.674. The number of nitrogens with zero attached hydrogens (tertiary/aromatic N) is 3. The fourth-order valence-corrected chi connectivity index (χ4v) is 4.07. The van der Waals surface area contributed by atoms with Crippen molar-refractivity contribution in [1.82, 2.24) is 9.38 Å². The largest absolute Gasteiger partial charge is 0.370 e. The number of quaternary nitrogens is 1. The van der Waals surface area contributed by atoms with Gasteiger partial charge in [0.2, 0.25) is 0 Å². The van der Waals surface area contributed by atoms with Crippen LogP contribution in [0, 0.1) is 18.3 Å². The van der Waals surface area contributed by atoms with Gasteiger partial charge in [-0.05, 0) is 36.6 Å². The van der Waals surface area contributed by atoms with Crippen molar-refractivity contribution in [2.75, 3.05) is 44.7 Å². The van der Waals surface area contributed by atoms with Crippen LogP contribution in [0.25, 0.3) is 16.7 Å². The van der Waals surface area contributed by atoms with Crippen LogP contribution in [-0.4, -0.2) is 48.8 Å². The first-order valence-electron chi connectivity index (χ1n) is 9.72. The summed E-state index contributed by atoms with van der Waals surface area (Å²) < 4.78 is 7.59. The van der Waals surface area contributed by atoms with E-state index >= 15 is 0 Å². The van der Waals surface area contributed by atoms with Crippen LogP contribution in [0.2, 0.25) is 0 Å². The van der Waals surface area contributed by atoms with Crippen molar-refractivity contribution in [3.8, 4) is 6.07 Å². The van der Waals surface area contributed by atoms with Crippen LogP contribution in [0.5, 0.6) is 0 Å². The Morgan fingerprint density at radius 1 is 1.30 bits per heavy atom. The van der Waals surface area contributed by atoms with Crippen molar-refractivity contribution >= 4 is 22.5 Å². The summed E-state index contributed by atoms with van der Waals surface area (Å²) in [4.78, 5) is 6.33. The second kappa shape index (κ2) is 7.55. The summed E-state index contributed by atoms with van der Waals surface area (Å²) in [6.45, 7) is 9.96. The lowest BCUT2D eigenvalue weighted by Crippen LogP contribution is -3.14. The summed E-state index contributed by atoms with van der Waals surface area (Å²) in [5, 5.41) is 13.4. The van der Waals surface area contributed by atoms with E-state index in [1.54, 1.807) is 4.90 Å². The fraction of sp³-hybridized carbons (Fsp3) is 0.429. The molecule has 3 aromatic rings. The van der Waals surface area contributed by atoms with Crippen LogP contribution in [0.1, 0.15) is 23.6 Å². The lowest BCUT2D eigenvalue weighted by Gasteiger charge is -2.24. The second-order valence-corrected chi connectivity index (χ2v) is 7.09. The number of rotatable bonds is 5. The van der Waals surface area contributed by atoms with Gasteiger partial charge in [-0.25, -0.2) is 4.98 Å². The van der Waals surface area contributed by atoms with E-state index in [2.05, 4.69) is 28.8 Å². The highest BCUT2D eigenvalue weighted by atomic mass is 16.5. The maximum atomic E-state index is 9.76. The van der Waals surface area contributed by atoms with E-state index in [-0.39, 0.29) is 0 Å². The highest BCUT2D eigenvalue weighted by molar-refractivity contribution is 5.86. The van der Waals surface area contributed by atoms with Gasteiger partial charge in [-0.15, -0.1) is 0 Å². The third kappa shape index (κ3) is 3.14. The van der Waals surface area contributed by atoms with Crippen molar-refractivity contribution in [2.45, 2.75) is 20.3 Å². The van der Waals surface area contributed by atoms with Gasteiger partial charge in [0.05, 0.1) is 42.9 Å². The summed E-state index contributed by atoms with van der Waals surface area (Å²) in [6, 6.07) is 10.5. The SMILES string of the molecule is CCc1c(C)c(C#N)c2nc3ccccc3n2c1NCC[NH+]1CCOCC1. The van der Waals surface area contributed by atoms with Gasteiger partial charge in [0.1, 0.15) is 25.0 Å². The fourth-order valence-electron chi connectivity index (χ4n) is 4.07. The highest BCUT2D eigenvalue weighted by Crippen LogP contribution is 2.31. The summed E-state index contributed by atoms with van der Waals surface area (Å²) in [5.74, 6) is 1.07. The van der Waals surface area contributed by atoms with Gasteiger partial charge in [-0.2, -0.15) is 5.26 Å². The Bertz CT molecular complexity index is 1010. The topological polar surface area (TPSA) is 66.8 Å². The van der Waals surface area contributed by atoms with E-state index in [0.717, 1.165) is 73.9 Å². The number of para-hydroxylation sites is 2. The van der Waals surface area contributed by atoms with Gasteiger partial charge >= 0.3 is 0 Å². The Labute approximate surface area is 159 Å². The van der Waals surface area contributed by atoms with Gasteiger partial charge in [0, 0.05) is 0 Å². The zero-order valence-corrected chi connectivity index (χ0v) is 16.0. The van der Waals surface area contributed by atoms with Crippen LogP contribution in [-0.2, 0) is 11.2 Å². The number of ether oxygens (including phenoxy) is 1. The summed E-state index contributed by atoms with van der Waals surface area (Å²) in [6.07, 6.45) is 0.871. The van der Waals surface area contributed by atoms with Crippen LogP contribution in [0.4, 0.5) is 5.82 Å². The number of morpholine rings is 1. The Kier molecular flexibility index (Phi) is 4.97. The lowest BCUT2D eigenvalue weighted by atomic mass is 10.0. The molecule has 1 aliphatic heterocycles. The van der Waals surface area contributed by atoms with Gasteiger partial charge in [-0.1, -0.05) is 19.1 Å². The lowest BCUT2D eigenvalue weighted by molar-refractivity contribution is -0.906. The Morgan fingerprint density at radius 2 is 2.07 bits per heavy atom. The van der Waals surface area contributed by atoms with E-state index < -0.39 is 0 Å². The standard InChI is InChI=1S/C21H25N5O/c1-3-16-15(2)17(14-22)21-24-18-6-4-5-7-19(18)26(21)20(16)23-8-9-25-10-12-27-13-11-25/h4-7,23H,3,8-13H2,1-2H3/p+1. The Hall–Kier alpha value is -2.62. The molecule has 2 N–H and O–H groups in total. The van der Waals surface area contributed by atoms with Gasteiger partial charge in [0.25, 0.3) is 0 Å². The summed E-state index contributed by atoms with van der Waals surface area (Å²) in [7, 11) is 0. The molecule has 3 heterocycles. The molecule has 0 unspecified atom stereocenters. The van der Waals surface area contributed by atoms with Gasteiger partial charge in [-0.3, -0.25) is 4.40 Å². The molecule has 4 rings (SSSR count). The molecule has 6 heteroatoms. The van der Waals surface area contributed by atoms with Gasteiger partial charge < -0.3 is 15.0 Å². The average molecular weight is 364 g/mol. The summed E-state index contributed by atoms with van der Waals surface area (Å²) >= 11 is 0. The first-order chi connectivity index (χ1) is 13.2. The molecule has 1 saturated heterocycles. The molecule has 2 aromatic heterocycles. The number of hydrogen-bond donors (Lipinski definition) is 2. The number of nitriles is 1. The number of nitrogens with one attached hydrogen (secondary N) is 2. The molecule has 0 bridgehead atoms. The molecule has 0 saturated carbocycles. The molecule has 1 fully saturated rings. The number of benzene rings is 1. The molecule has 0 aliphatic carbocycles. The maximum Gasteiger partial charge on any atom is 0.157 e. The van der Waals surface area contributed by atoms with Crippen molar-refractivity contribution in [3.05, 3.63) is 41.0 Å². The van der Waals surface area contributed by atoms with E-state index in [4.69, 9.17) is 9.72 Å². The van der Waals surface area contributed by atoms with Crippen LogP contribution >= 0.6 is 0 Å². The normalized spacial score (nSPS) is 15.3. The molecule has 0 radical (unpaired) electrons. The first kappa shape index (κ1) is 17.8. The second-order valence-electron chi connectivity index (χ2n) is 7.09. The predicted octanol–water partition coefficient (Wildman–Crippen LogP) is 1.56. The molecule has 0 atom stereocenters. The molecule has 6 nitrogen and oxygen atoms in total. The van der Waals surface area contributed by atoms with E-state index in [0.29, 0.717) is 5.56 Å². The number of anilines is 1. The molecule has 0 spiro atoms. The third-order valence-corrected chi connectivity index (χ3v) is 5.56. The van der Waals surface area contributed by atoms with Crippen LogP contribution < -0.4 is 10.2 Å². The maximum absolute atomic E-state index is 9.76. The van der Waals surface area contributed by atoms with E-state index in [1.807, 2.05) is 25.1 Å². The monoisotopic (exact) mass is 364 g/mol. The van der Waals surface area contributed by atoms with Crippen molar-refractivity contribution < 1.29 is 9.64 Å². The number of fused-ring (bicyclic) bond motifs is 3.